The highest BCUT2D eigenvalue weighted by atomic mass is 16.5. The van der Waals surface area contributed by atoms with Gasteiger partial charge in [-0.25, -0.2) is 0 Å². The van der Waals surface area contributed by atoms with Crippen molar-refractivity contribution in [2.45, 2.75) is 91.9 Å². The molecule has 0 N–H and O–H groups in total. The van der Waals surface area contributed by atoms with Crippen molar-refractivity contribution in [3.05, 3.63) is 0 Å². The Bertz CT molecular complexity index is 221. The van der Waals surface area contributed by atoms with Gasteiger partial charge in [0.15, 0.2) is 0 Å². The van der Waals surface area contributed by atoms with Gasteiger partial charge in [0.2, 0.25) is 0 Å². The molecule has 0 aromatic rings. The molecule has 0 saturated carbocycles. The van der Waals surface area contributed by atoms with Gasteiger partial charge in [-0.2, -0.15) is 0 Å². The Labute approximate surface area is 126 Å². The first kappa shape index (κ1) is 19.5. The number of rotatable bonds is 13. The maximum absolute atomic E-state index is 11.4. The monoisotopic (exact) mass is 284 g/mol. The minimum Gasteiger partial charge on any atom is -0.466 e. The molecule has 2 heteroatoms. The number of ether oxygens (including phenoxy) is 1. The molecule has 0 radical (unpaired) electrons. The van der Waals surface area contributed by atoms with E-state index < -0.39 is 0 Å². The van der Waals surface area contributed by atoms with Crippen molar-refractivity contribution in [1.82, 2.24) is 0 Å². The summed E-state index contributed by atoms with van der Waals surface area (Å²) in [6.45, 7) is 9.47. The molecule has 0 aliphatic rings. The highest BCUT2D eigenvalue weighted by Gasteiger charge is 2.03. The Balaban J connectivity index is 3.17. The molecule has 20 heavy (non-hydrogen) atoms. The fourth-order valence-corrected chi connectivity index (χ4v) is 2.19. The van der Waals surface area contributed by atoms with E-state index in [2.05, 4.69) is 27.7 Å². The zero-order chi connectivity index (χ0) is 15.2. The first-order valence-electron chi connectivity index (χ1n) is 8.68. The van der Waals surface area contributed by atoms with E-state index in [0.717, 1.165) is 18.8 Å². The Hall–Kier alpha value is -0.530. The fourth-order valence-electron chi connectivity index (χ4n) is 2.19. The molecule has 0 aliphatic heterocycles. The Kier molecular flexibility index (Phi) is 13.1. The molecular weight excluding hydrogens is 248 g/mol. The molecule has 0 unspecified atom stereocenters. The third-order valence-electron chi connectivity index (χ3n) is 3.62. The van der Waals surface area contributed by atoms with Crippen LogP contribution in [0.3, 0.4) is 0 Å². The van der Waals surface area contributed by atoms with Crippen LogP contribution in [0.5, 0.6) is 0 Å². The molecule has 0 aromatic heterocycles. The van der Waals surface area contributed by atoms with Crippen molar-refractivity contribution < 1.29 is 9.53 Å². The summed E-state index contributed by atoms with van der Waals surface area (Å²) in [6.07, 6.45) is 11.8. The normalized spacial score (nSPS) is 11.3. The zero-order valence-electron chi connectivity index (χ0n) is 14.2. The summed E-state index contributed by atoms with van der Waals surface area (Å²) in [6, 6.07) is 0. The molecule has 0 rings (SSSR count). The molecular formula is C18H36O2. The number of hydrogen-bond acceptors (Lipinski definition) is 2. The Morgan fingerprint density at radius 3 is 1.80 bits per heavy atom. The molecule has 0 fully saturated rings. The standard InChI is InChI=1S/C18H36O2/c1-16(2)12-10-8-6-5-7-9-11-13-18(19)20-15-14-17(3)4/h16-17H,5-15H2,1-4H3. The van der Waals surface area contributed by atoms with E-state index in [0.29, 0.717) is 18.9 Å². The molecule has 2 nitrogen and oxygen atoms in total. The third-order valence-corrected chi connectivity index (χ3v) is 3.62. The number of carbonyl (C=O) groups excluding carboxylic acids is 1. The minimum atomic E-state index is -0.0115. The first-order valence-corrected chi connectivity index (χ1v) is 8.68. The minimum absolute atomic E-state index is 0.0115. The summed E-state index contributed by atoms with van der Waals surface area (Å²) in [5.41, 5.74) is 0. The van der Waals surface area contributed by atoms with Gasteiger partial charge in [-0.3, -0.25) is 4.79 Å². The van der Waals surface area contributed by atoms with Gasteiger partial charge in [0.25, 0.3) is 0 Å². The maximum atomic E-state index is 11.4. The van der Waals surface area contributed by atoms with Crippen LogP contribution in [0.1, 0.15) is 91.9 Å². The molecule has 0 saturated heterocycles. The molecule has 0 spiro atoms. The average molecular weight is 284 g/mol. The molecule has 0 amide bonds. The van der Waals surface area contributed by atoms with Crippen LogP contribution in [0, 0.1) is 11.8 Å². The van der Waals surface area contributed by atoms with E-state index in [1.54, 1.807) is 0 Å². The number of carbonyl (C=O) groups is 1. The predicted octanol–water partition coefficient (Wildman–Crippen LogP) is 5.74. The lowest BCUT2D eigenvalue weighted by Crippen LogP contribution is -2.07. The highest BCUT2D eigenvalue weighted by molar-refractivity contribution is 5.69. The van der Waals surface area contributed by atoms with Crippen molar-refractivity contribution in [2.24, 2.45) is 11.8 Å². The van der Waals surface area contributed by atoms with E-state index in [1.807, 2.05) is 0 Å². The molecule has 0 atom stereocenters. The van der Waals surface area contributed by atoms with Crippen molar-refractivity contribution in [2.75, 3.05) is 6.61 Å². The lowest BCUT2D eigenvalue weighted by atomic mass is 10.0. The van der Waals surface area contributed by atoms with Gasteiger partial charge < -0.3 is 4.74 Å². The maximum Gasteiger partial charge on any atom is 0.305 e. The van der Waals surface area contributed by atoms with Gasteiger partial charge >= 0.3 is 5.97 Å². The first-order chi connectivity index (χ1) is 9.52. The summed E-state index contributed by atoms with van der Waals surface area (Å²) in [7, 11) is 0. The van der Waals surface area contributed by atoms with Gasteiger partial charge in [0, 0.05) is 6.42 Å². The second-order valence-corrected chi connectivity index (χ2v) is 6.81. The summed E-state index contributed by atoms with van der Waals surface area (Å²) >= 11 is 0. The number of esters is 1. The van der Waals surface area contributed by atoms with Crippen molar-refractivity contribution in [1.29, 1.82) is 0 Å². The van der Waals surface area contributed by atoms with E-state index in [-0.39, 0.29) is 5.97 Å². The van der Waals surface area contributed by atoms with Crippen LogP contribution in [0.2, 0.25) is 0 Å². The Morgan fingerprint density at radius 1 is 0.750 bits per heavy atom. The summed E-state index contributed by atoms with van der Waals surface area (Å²) < 4.78 is 5.20. The molecule has 0 aromatic carbocycles. The van der Waals surface area contributed by atoms with Crippen LogP contribution < -0.4 is 0 Å². The number of unbranched alkanes of at least 4 members (excludes halogenated alkanes) is 6. The zero-order valence-corrected chi connectivity index (χ0v) is 14.2. The quantitative estimate of drug-likeness (QED) is 0.318. The van der Waals surface area contributed by atoms with Crippen LogP contribution in [0.15, 0.2) is 0 Å². The third kappa shape index (κ3) is 15.5. The Morgan fingerprint density at radius 2 is 1.25 bits per heavy atom. The predicted molar refractivity (Wildman–Crippen MR) is 86.8 cm³/mol. The molecule has 120 valence electrons. The fraction of sp³-hybridized carbons (Fsp3) is 0.944. The van der Waals surface area contributed by atoms with Crippen molar-refractivity contribution in [3.8, 4) is 0 Å². The van der Waals surface area contributed by atoms with Crippen LogP contribution in [0.4, 0.5) is 0 Å². The van der Waals surface area contributed by atoms with Gasteiger partial charge in [0.1, 0.15) is 0 Å². The van der Waals surface area contributed by atoms with Gasteiger partial charge in [0.05, 0.1) is 6.61 Å². The van der Waals surface area contributed by atoms with E-state index in [9.17, 15) is 4.79 Å². The van der Waals surface area contributed by atoms with E-state index >= 15 is 0 Å². The topological polar surface area (TPSA) is 26.3 Å². The molecule has 0 bridgehead atoms. The smallest absolute Gasteiger partial charge is 0.305 e. The summed E-state index contributed by atoms with van der Waals surface area (Å²) in [5.74, 6) is 1.44. The van der Waals surface area contributed by atoms with E-state index in [4.69, 9.17) is 4.74 Å². The van der Waals surface area contributed by atoms with Gasteiger partial charge in [-0.05, 0) is 24.7 Å². The van der Waals surface area contributed by atoms with Crippen LogP contribution in [-0.4, -0.2) is 12.6 Å². The SMILES string of the molecule is CC(C)CCCCCCCCCC(=O)OCCC(C)C. The number of hydrogen-bond donors (Lipinski definition) is 0. The second kappa shape index (κ2) is 13.5. The van der Waals surface area contributed by atoms with Crippen LogP contribution in [-0.2, 0) is 9.53 Å². The van der Waals surface area contributed by atoms with Gasteiger partial charge in [-0.15, -0.1) is 0 Å². The van der Waals surface area contributed by atoms with E-state index in [1.165, 1.54) is 44.9 Å². The van der Waals surface area contributed by atoms with Crippen LogP contribution in [0.25, 0.3) is 0 Å². The largest absolute Gasteiger partial charge is 0.466 e. The van der Waals surface area contributed by atoms with Crippen LogP contribution >= 0.6 is 0 Å². The highest BCUT2D eigenvalue weighted by Crippen LogP contribution is 2.12. The lowest BCUT2D eigenvalue weighted by Gasteiger charge is -2.07. The second-order valence-electron chi connectivity index (χ2n) is 6.81. The lowest BCUT2D eigenvalue weighted by molar-refractivity contribution is -0.144. The summed E-state index contributed by atoms with van der Waals surface area (Å²) in [5, 5.41) is 0. The average Bonchev–Trinajstić information content (AvgIpc) is 2.36. The van der Waals surface area contributed by atoms with Crippen molar-refractivity contribution in [3.63, 3.8) is 0 Å². The van der Waals surface area contributed by atoms with Gasteiger partial charge in [-0.1, -0.05) is 72.6 Å². The molecule has 0 aliphatic carbocycles. The molecule has 0 heterocycles. The van der Waals surface area contributed by atoms with Crippen molar-refractivity contribution >= 4 is 5.97 Å². The summed E-state index contributed by atoms with van der Waals surface area (Å²) in [4.78, 5) is 11.4.